The van der Waals surface area contributed by atoms with Gasteiger partial charge in [-0.2, -0.15) is 0 Å². The molecule has 3 rings (SSSR count). The number of H-pyrrole nitrogens is 1. The van der Waals surface area contributed by atoms with Gasteiger partial charge in [0.1, 0.15) is 5.75 Å². The zero-order valence-corrected chi connectivity index (χ0v) is 10.1. The molecule has 2 N–H and O–H groups in total. The van der Waals surface area contributed by atoms with Crippen molar-refractivity contribution in [3.63, 3.8) is 0 Å². The van der Waals surface area contributed by atoms with E-state index in [0.29, 0.717) is 5.92 Å². The van der Waals surface area contributed by atoms with Crippen molar-refractivity contribution in [1.82, 2.24) is 10.3 Å². The maximum absolute atomic E-state index is 11.5. The fourth-order valence-corrected chi connectivity index (χ4v) is 1.90. The first-order valence-electron chi connectivity index (χ1n) is 6.28. The Balaban J connectivity index is 1.53. The van der Waals surface area contributed by atoms with Crippen molar-refractivity contribution in [2.24, 2.45) is 5.92 Å². The summed E-state index contributed by atoms with van der Waals surface area (Å²) in [7, 11) is 0. The van der Waals surface area contributed by atoms with Gasteiger partial charge in [-0.05, 0) is 43.0 Å². The predicted molar refractivity (Wildman–Crippen MR) is 69.5 cm³/mol. The number of amides is 1. The van der Waals surface area contributed by atoms with Gasteiger partial charge in [-0.25, -0.2) is 0 Å². The van der Waals surface area contributed by atoms with Crippen LogP contribution in [0.4, 0.5) is 0 Å². The van der Waals surface area contributed by atoms with Gasteiger partial charge in [0.05, 0.1) is 0 Å². The SMILES string of the molecule is O=C(COc1ccc2[nH]ccc2c1)NCC1CC1. The summed E-state index contributed by atoms with van der Waals surface area (Å²) in [5.74, 6) is 1.38. The Hall–Kier alpha value is -1.97. The van der Waals surface area contributed by atoms with E-state index in [1.54, 1.807) is 0 Å². The Labute approximate surface area is 105 Å². The molecular formula is C14H16N2O2. The summed E-state index contributed by atoms with van der Waals surface area (Å²) in [5, 5.41) is 3.97. The number of nitrogens with one attached hydrogen (secondary N) is 2. The molecule has 1 fully saturated rings. The largest absolute Gasteiger partial charge is 0.484 e. The van der Waals surface area contributed by atoms with Crippen LogP contribution >= 0.6 is 0 Å². The van der Waals surface area contributed by atoms with Crippen LogP contribution in [-0.2, 0) is 4.79 Å². The number of carbonyl (C=O) groups excluding carboxylic acids is 1. The van der Waals surface area contributed by atoms with Crippen LogP contribution in [0.3, 0.4) is 0 Å². The number of aromatic amines is 1. The van der Waals surface area contributed by atoms with E-state index in [2.05, 4.69) is 10.3 Å². The molecule has 0 spiro atoms. The minimum atomic E-state index is -0.0453. The van der Waals surface area contributed by atoms with Gasteiger partial charge in [-0.15, -0.1) is 0 Å². The topological polar surface area (TPSA) is 54.1 Å². The number of hydrogen-bond acceptors (Lipinski definition) is 2. The summed E-state index contributed by atoms with van der Waals surface area (Å²) < 4.78 is 5.47. The van der Waals surface area contributed by atoms with E-state index in [0.717, 1.165) is 23.2 Å². The number of ether oxygens (including phenoxy) is 1. The first-order valence-corrected chi connectivity index (χ1v) is 6.28. The lowest BCUT2D eigenvalue weighted by molar-refractivity contribution is -0.123. The summed E-state index contributed by atoms with van der Waals surface area (Å²) in [6, 6.07) is 7.73. The third-order valence-corrected chi connectivity index (χ3v) is 3.18. The van der Waals surface area contributed by atoms with Gasteiger partial charge in [-0.1, -0.05) is 0 Å². The van der Waals surface area contributed by atoms with Crippen LogP contribution in [0.25, 0.3) is 10.9 Å². The summed E-state index contributed by atoms with van der Waals surface area (Å²) in [5.41, 5.74) is 1.07. The molecule has 4 nitrogen and oxygen atoms in total. The molecule has 0 bridgehead atoms. The molecule has 1 aromatic carbocycles. The first kappa shape index (κ1) is 11.1. The molecule has 0 atom stereocenters. The van der Waals surface area contributed by atoms with Crippen LogP contribution in [-0.4, -0.2) is 24.0 Å². The lowest BCUT2D eigenvalue weighted by Gasteiger charge is -2.07. The van der Waals surface area contributed by atoms with Gasteiger partial charge < -0.3 is 15.0 Å². The summed E-state index contributed by atoms with van der Waals surface area (Å²) >= 11 is 0. The maximum Gasteiger partial charge on any atom is 0.257 e. The van der Waals surface area contributed by atoms with Crippen LogP contribution in [0.15, 0.2) is 30.5 Å². The van der Waals surface area contributed by atoms with E-state index >= 15 is 0 Å². The van der Waals surface area contributed by atoms with Crippen molar-refractivity contribution >= 4 is 16.8 Å². The van der Waals surface area contributed by atoms with E-state index in [1.807, 2.05) is 30.5 Å². The second-order valence-corrected chi connectivity index (χ2v) is 4.76. The molecule has 1 aliphatic carbocycles. The van der Waals surface area contributed by atoms with Crippen molar-refractivity contribution in [3.8, 4) is 5.75 Å². The smallest absolute Gasteiger partial charge is 0.257 e. The standard InChI is InChI=1S/C14H16N2O2/c17-14(16-8-10-1-2-10)9-18-12-3-4-13-11(7-12)5-6-15-13/h3-7,10,15H,1-2,8-9H2,(H,16,17). The zero-order chi connectivity index (χ0) is 12.4. The molecule has 18 heavy (non-hydrogen) atoms. The van der Waals surface area contributed by atoms with Gasteiger partial charge in [0.2, 0.25) is 0 Å². The number of aromatic nitrogens is 1. The lowest BCUT2D eigenvalue weighted by Crippen LogP contribution is -2.30. The number of hydrogen-bond donors (Lipinski definition) is 2. The minimum absolute atomic E-state index is 0.0453. The van der Waals surface area contributed by atoms with Gasteiger partial charge in [0.25, 0.3) is 5.91 Å². The van der Waals surface area contributed by atoms with E-state index < -0.39 is 0 Å². The van der Waals surface area contributed by atoms with E-state index in [9.17, 15) is 4.79 Å². The molecule has 1 aliphatic rings. The fourth-order valence-electron chi connectivity index (χ4n) is 1.90. The third kappa shape index (κ3) is 2.64. The fraction of sp³-hybridized carbons (Fsp3) is 0.357. The van der Waals surface area contributed by atoms with Crippen molar-refractivity contribution in [1.29, 1.82) is 0 Å². The molecule has 4 heteroatoms. The van der Waals surface area contributed by atoms with Crippen molar-refractivity contribution < 1.29 is 9.53 Å². The Bertz CT molecular complexity index is 558. The molecule has 0 radical (unpaired) electrons. The number of fused-ring (bicyclic) bond motifs is 1. The summed E-state index contributed by atoms with van der Waals surface area (Å²) in [4.78, 5) is 14.6. The number of carbonyl (C=O) groups is 1. The first-order chi connectivity index (χ1) is 8.81. The molecule has 1 heterocycles. The third-order valence-electron chi connectivity index (χ3n) is 3.18. The van der Waals surface area contributed by atoms with Gasteiger partial charge in [0.15, 0.2) is 6.61 Å². The number of rotatable bonds is 5. The molecule has 94 valence electrons. The highest BCUT2D eigenvalue weighted by molar-refractivity contribution is 5.81. The van der Waals surface area contributed by atoms with E-state index in [4.69, 9.17) is 4.74 Å². The molecule has 1 aromatic heterocycles. The lowest BCUT2D eigenvalue weighted by atomic mass is 10.2. The Morgan fingerprint density at radius 3 is 3.11 bits per heavy atom. The van der Waals surface area contributed by atoms with Crippen LogP contribution in [0.1, 0.15) is 12.8 Å². The van der Waals surface area contributed by atoms with Gasteiger partial charge in [0, 0.05) is 23.6 Å². The Morgan fingerprint density at radius 1 is 1.39 bits per heavy atom. The normalized spacial score (nSPS) is 14.7. The zero-order valence-electron chi connectivity index (χ0n) is 10.1. The van der Waals surface area contributed by atoms with Crippen LogP contribution < -0.4 is 10.1 Å². The molecule has 1 saturated carbocycles. The average molecular weight is 244 g/mol. The highest BCUT2D eigenvalue weighted by atomic mass is 16.5. The quantitative estimate of drug-likeness (QED) is 0.846. The van der Waals surface area contributed by atoms with Gasteiger partial charge in [-0.3, -0.25) is 4.79 Å². The highest BCUT2D eigenvalue weighted by Crippen LogP contribution is 2.27. The van der Waals surface area contributed by atoms with Crippen LogP contribution in [0.5, 0.6) is 5.75 Å². The predicted octanol–water partition coefficient (Wildman–Crippen LogP) is 2.07. The minimum Gasteiger partial charge on any atom is -0.484 e. The Kier molecular flexibility index (Phi) is 2.92. The van der Waals surface area contributed by atoms with E-state index in [1.165, 1.54) is 12.8 Å². The molecule has 2 aromatic rings. The number of benzene rings is 1. The molecule has 0 unspecified atom stereocenters. The monoisotopic (exact) mass is 244 g/mol. The van der Waals surface area contributed by atoms with Crippen molar-refractivity contribution in [2.75, 3.05) is 13.2 Å². The molecule has 0 saturated heterocycles. The second-order valence-electron chi connectivity index (χ2n) is 4.76. The summed E-state index contributed by atoms with van der Waals surface area (Å²) in [6.45, 7) is 0.877. The van der Waals surface area contributed by atoms with Gasteiger partial charge >= 0.3 is 0 Å². The molecule has 0 aliphatic heterocycles. The van der Waals surface area contributed by atoms with Crippen molar-refractivity contribution in [2.45, 2.75) is 12.8 Å². The maximum atomic E-state index is 11.5. The van der Waals surface area contributed by atoms with Crippen LogP contribution in [0, 0.1) is 5.92 Å². The molecule has 1 amide bonds. The second kappa shape index (κ2) is 4.72. The summed E-state index contributed by atoms with van der Waals surface area (Å²) in [6.07, 6.45) is 4.37. The van der Waals surface area contributed by atoms with Crippen LogP contribution in [0.2, 0.25) is 0 Å². The average Bonchev–Trinajstić information content (AvgIpc) is 3.10. The van der Waals surface area contributed by atoms with Crippen molar-refractivity contribution in [3.05, 3.63) is 30.5 Å². The molecular weight excluding hydrogens is 228 g/mol. The highest BCUT2D eigenvalue weighted by Gasteiger charge is 2.21. The Morgan fingerprint density at radius 2 is 2.28 bits per heavy atom. The van der Waals surface area contributed by atoms with E-state index in [-0.39, 0.29) is 12.5 Å².